The SMILES string of the molecule is [C-]#[N+]c1ccc2ncn(COC)c2c1. The lowest BCUT2D eigenvalue weighted by Crippen LogP contribution is -1.96. The topological polar surface area (TPSA) is 31.4 Å². The van der Waals surface area contributed by atoms with E-state index < -0.39 is 0 Å². The second-order valence-corrected chi connectivity index (χ2v) is 2.92. The molecule has 0 unspecified atom stereocenters. The predicted molar refractivity (Wildman–Crippen MR) is 53.0 cm³/mol. The first-order valence-corrected chi connectivity index (χ1v) is 4.16. The van der Waals surface area contributed by atoms with Gasteiger partial charge in [-0.2, -0.15) is 0 Å². The molecule has 0 fully saturated rings. The van der Waals surface area contributed by atoms with Crippen LogP contribution < -0.4 is 0 Å². The zero-order valence-corrected chi connectivity index (χ0v) is 7.77. The Balaban J connectivity index is 2.59. The molecule has 1 heterocycles. The Bertz CT molecular complexity index is 496. The number of methoxy groups -OCH3 is 1. The number of nitrogens with zero attached hydrogens (tertiary/aromatic N) is 3. The molecule has 0 amide bonds. The molecular weight excluding hydrogens is 178 g/mol. The van der Waals surface area contributed by atoms with Crippen molar-refractivity contribution in [3.05, 3.63) is 35.9 Å². The van der Waals surface area contributed by atoms with Crippen molar-refractivity contribution in [1.29, 1.82) is 0 Å². The van der Waals surface area contributed by atoms with Gasteiger partial charge in [-0.05, 0) is 12.1 Å². The number of aromatic nitrogens is 2. The molecule has 0 spiro atoms. The maximum Gasteiger partial charge on any atom is 0.189 e. The summed E-state index contributed by atoms with van der Waals surface area (Å²) in [5, 5.41) is 0. The molecule has 0 aliphatic rings. The van der Waals surface area contributed by atoms with Crippen LogP contribution in [0.15, 0.2) is 24.5 Å². The lowest BCUT2D eigenvalue weighted by molar-refractivity contribution is 0.134. The van der Waals surface area contributed by atoms with Crippen molar-refractivity contribution in [3.8, 4) is 0 Å². The van der Waals surface area contributed by atoms with Crippen LogP contribution in [-0.4, -0.2) is 16.7 Å². The predicted octanol–water partition coefficient (Wildman–Crippen LogP) is 2.19. The summed E-state index contributed by atoms with van der Waals surface area (Å²) in [5.74, 6) is 0. The number of rotatable bonds is 2. The fraction of sp³-hybridized carbons (Fsp3) is 0.200. The molecule has 1 aromatic carbocycles. The molecule has 2 rings (SSSR count). The highest BCUT2D eigenvalue weighted by Crippen LogP contribution is 2.20. The largest absolute Gasteiger partial charge is 0.364 e. The normalized spacial score (nSPS) is 10.3. The van der Waals surface area contributed by atoms with Crippen LogP contribution in [0.3, 0.4) is 0 Å². The summed E-state index contributed by atoms with van der Waals surface area (Å²) in [7, 11) is 1.63. The maximum absolute atomic E-state index is 6.91. The highest BCUT2D eigenvalue weighted by molar-refractivity contribution is 5.79. The third-order valence-corrected chi connectivity index (χ3v) is 2.00. The van der Waals surface area contributed by atoms with Crippen molar-refractivity contribution >= 4 is 16.7 Å². The van der Waals surface area contributed by atoms with Crippen LogP contribution in [0.25, 0.3) is 15.9 Å². The van der Waals surface area contributed by atoms with Gasteiger partial charge in [-0.15, -0.1) is 0 Å². The van der Waals surface area contributed by atoms with E-state index in [9.17, 15) is 0 Å². The van der Waals surface area contributed by atoms with Gasteiger partial charge in [0.25, 0.3) is 0 Å². The molecule has 0 bridgehead atoms. The zero-order chi connectivity index (χ0) is 9.97. The minimum atomic E-state index is 0.456. The molecule has 0 aliphatic carbocycles. The van der Waals surface area contributed by atoms with E-state index in [1.54, 1.807) is 19.5 Å². The minimum absolute atomic E-state index is 0.456. The Morgan fingerprint density at radius 3 is 3.14 bits per heavy atom. The average molecular weight is 187 g/mol. The highest BCUT2D eigenvalue weighted by Gasteiger charge is 2.02. The van der Waals surface area contributed by atoms with E-state index in [0.29, 0.717) is 12.4 Å². The number of hydrogen-bond acceptors (Lipinski definition) is 2. The minimum Gasteiger partial charge on any atom is -0.364 e. The molecule has 1 aromatic heterocycles. The average Bonchev–Trinajstić information content (AvgIpc) is 2.61. The summed E-state index contributed by atoms with van der Waals surface area (Å²) in [5.41, 5.74) is 2.44. The standard InChI is InChI=1S/C10H9N3O/c1-11-8-3-4-9-10(5-8)13(6-12-9)7-14-2/h3-6H,7H2,2H3. The van der Waals surface area contributed by atoms with Gasteiger partial charge in [0.1, 0.15) is 6.73 Å². The Kier molecular flexibility index (Phi) is 2.17. The van der Waals surface area contributed by atoms with E-state index in [1.165, 1.54) is 0 Å². The first-order valence-electron chi connectivity index (χ1n) is 4.16. The maximum atomic E-state index is 6.91. The van der Waals surface area contributed by atoms with Crippen LogP contribution in [0, 0.1) is 6.57 Å². The summed E-state index contributed by atoms with van der Waals surface area (Å²) < 4.78 is 6.88. The van der Waals surface area contributed by atoms with Gasteiger partial charge in [-0.3, -0.25) is 0 Å². The molecule has 0 saturated carbocycles. The van der Waals surface area contributed by atoms with Gasteiger partial charge in [-0.25, -0.2) is 9.83 Å². The number of imidazole rings is 1. The molecule has 0 radical (unpaired) electrons. The molecule has 0 atom stereocenters. The van der Waals surface area contributed by atoms with E-state index in [4.69, 9.17) is 11.3 Å². The van der Waals surface area contributed by atoms with E-state index in [0.717, 1.165) is 11.0 Å². The molecule has 0 N–H and O–H groups in total. The summed E-state index contributed by atoms with van der Waals surface area (Å²) in [6.07, 6.45) is 1.71. The van der Waals surface area contributed by atoms with Crippen molar-refractivity contribution in [3.63, 3.8) is 0 Å². The highest BCUT2D eigenvalue weighted by atomic mass is 16.5. The summed E-state index contributed by atoms with van der Waals surface area (Å²) in [6.45, 7) is 7.36. The van der Waals surface area contributed by atoms with Gasteiger partial charge >= 0.3 is 0 Å². The first kappa shape index (κ1) is 8.73. The Morgan fingerprint density at radius 2 is 2.43 bits per heavy atom. The fourth-order valence-electron chi connectivity index (χ4n) is 1.36. The lowest BCUT2D eigenvalue weighted by atomic mass is 10.3. The quantitative estimate of drug-likeness (QED) is 0.675. The van der Waals surface area contributed by atoms with Crippen LogP contribution in [0.1, 0.15) is 0 Å². The van der Waals surface area contributed by atoms with Gasteiger partial charge in [0, 0.05) is 7.11 Å². The van der Waals surface area contributed by atoms with Crippen LogP contribution >= 0.6 is 0 Å². The number of benzene rings is 1. The molecule has 4 nitrogen and oxygen atoms in total. The van der Waals surface area contributed by atoms with E-state index >= 15 is 0 Å². The van der Waals surface area contributed by atoms with Crippen molar-refractivity contribution in [1.82, 2.24) is 9.55 Å². The Labute approximate surface area is 81.6 Å². The number of ether oxygens (including phenoxy) is 1. The van der Waals surface area contributed by atoms with Crippen LogP contribution in [-0.2, 0) is 11.5 Å². The summed E-state index contributed by atoms with van der Waals surface area (Å²) in [4.78, 5) is 7.56. The lowest BCUT2D eigenvalue weighted by Gasteiger charge is -2.01. The van der Waals surface area contributed by atoms with E-state index in [2.05, 4.69) is 9.83 Å². The van der Waals surface area contributed by atoms with Crippen LogP contribution in [0.2, 0.25) is 0 Å². The van der Waals surface area contributed by atoms with Crippen molar-refractivity contribution < 1.29 is 4.74 Å². The Hall–Kier alpha value is -1.86. The fourth-order valence-corrected chi connectivity index (χ4v) is 1.36. The van der Waals surface area contributed by atoms with E-state index in [-0.39, 0.29) is 0 Å². The van der Waals surface area contributed by atoms with Gasteiger partial charge in [-0.1, -0.05) is 6.07 Å². The zero-order valence-electron chi connectivity index (χ0n) is 7.77. The number of hydrogen-bond donors (Lipinski definition) is 0. The van der Waals surface area contributed by atoms with E-state index in [1.807, 2.05) is 16.7 Å². The monoisotopic (exact) mass is 187 g/mol. The Morgan fingerprint density at radius 1 is 1.57 bits per heavy atom. The smallest absolute Gasteiger partial charge is 0.189 e. The van der Waals surface area contributed by atoms with Crippen molar-refractivity contribution in [2.24, 2.45) is 0 Å². The molecule has 2 aromatic rings. The number of fused-ring (bicyclic) bond motifs is 1. The summed E-state index contributed by atoms with van der Waals surface area (Å²) >= 11 is 0. The van der Waals surface area contributed by atoms with Crippen LogP contribution in [0.5, 0.6) is 0 Å². The molecule has 70 valence electrons. The van der Waals surface area contributed by atoms with Gasteiger partial charge < -0.3 is 9.30 Å². The molecule has 4 heteroatoms. The second-order valence-electron chi connectivity index (χ2n) is 2.92. The molecule has 0 saturated heterocycles. The van der Waals surface area contributed by atoms with Gasteiger partial charge in [0.2, 0.25) is 0 Å². The first-order chi connectivity index (χ1) is 6.85. The van der Waals surface area contributed by atoms with Gasteiger partial charge in [0.05, 0.1) is 23.9 Å². The molecule has 0 aliphatic heterocycles. The van der Waals surface area contributed by atoms with Crippen molar-refractivity contribution in [2.75, 3.05) is 7.11 Å². The third-order valence-electron chi connectivity index (χ3n) is 2.00. The van der Waals surface area contributed by atoms with Crippen LogP contribution in [0.4, 0.5) is 5.69 Å². The molecular formula is C10H9N3O. The third kappa shape index (κ3) is 1.34. The molecule has 14 heavy (non-hydrogen) atoms. The van der Waals surface area contributed by atoms with Gasteiger partial charge in [0.15, 0.2) is 5.69 Å². The second kappa shape index (κ2) is 3.48. The van der Waals surface area contributed by atoms with Crippen molar-refractivity contribution in [2.45, 2.75) is 6.73 Å². The summed E-state index contributed by atoms with van der Waals surface area (Å²) in [6, 6.07) is 5.42.